The van der Waals surface area contributed by atoms with Crippen molar-refractivity contribution in [2.45, 2.75) is 4.58 Å². The van der Waals surface area contributed by atoms with Crippen molar-refractivity contribution in [1.29, 1.82) is 0 Å². The maximum absolute atomic E-state index is 5.90. The van der Waals surface area contributed by atoms with Crippen LogP contribution in [0.5, 0.6) is 0 Å². The van der Waals surface area contributed by atoms with Gasteiger partial charge in [-0.3, -0.25) is 0 Å². The Morgan fingerprint density at radius 2 is 1.46 bits per heavy atom. The van der Waals surface area contributed by atoms with E-state index in [9.17, 15) is 0 Å². The first-order valence-electron chi connectivity index (χ1n) is 3.14. The summed E-state index contributed by atoms with van der Waals surface area (Å²) in [4.78, 5) is 0. The van der Waals surface area contributed by atoms with Crippen LogP contribution in [0.1, 0.15) is 10.1 Å². The summed E-state index contributed by atoms with van der Waals surface area (Å²) >= 11 is 31.5. The van der Waals surface area contributed by atoms with Crippen LogP contribution in [0.25, 0.3) is 0 Å². The molecular formula is C7H4Cl4S2. The van der Waals surface area contributed by atoms with Crippen LogP contribution in [0.2, 0.25) is 20.1 Å². The SMILES string of the molecule is SC(S)c1c(Cl)cc(Cl)c(Cl)c1Cl. The minimum Gasteiger partial charge on any atom is -0.160 e. The summed E-state index contributed by atoms with van der Waals surface area (Å²) in [6.07, 6.45) is 0. The van der Waals surface area contributed by atoms with Crippen LogP contribution in [-0.2, 0) is 0 Å². The molecule has 0 aliphatic rings. The number of benzene rings is 1. The topological polar surface area (TPSA) is 0 Å². The van der Waals surface area contributed by atoms with E-state index in [0.717, 1.165) is 0 Å². The van der Waals surface area contributed by atoms with E-state index in [1.165, 1.54) is 6.07 Å². The van der Waals surface area contributed by atoms with Gasteiger partial charge in [0.25, 0.3) is 0 Å². The Kier molecular flexibility index (Phi) is 4.42. The molecule has 13 heavy (non-hydrogen) atoms. The summed E-state index contributed by atoms with van der Waals surface area (Å²) in [6, 6.07) is 1.52. The maximum Gasteiger partial charge on any atom is 0.0783 e. The first-order chi connectivity index (χ1) is 5.95. The molecule has 0 aliphatic carbocycles. The summed E-state index contributed by atoms with van der Waals surface area (Å²) in [7, 11) is 0. The Morgan fingerprint density at radius 1 is 0.923 bits per heavy atom. The molecule has 0 atom stereocenters. The summed E-state index contributed by atoms with van der Waals surface area (Å²) in [6.45, 7) is 0. The van der Waals surface area contributed by atoms with Gasteiger partial charge in [0.15, 0.2) is 0 Å². The second kappa shape index (κ2) is 4.73. The molecule has 72 valence electrons. The van der Waals surface area contributed by atoms with Gasteiger partial charge in [-0.1, -0.05) is 46.4 Å². The van der Waals surface area contributed by atoms with Crippen molar-refractivity contribution in [3.63, 3.8) is 0 Å². The fourth-order valence-electron chi connectivity index (χ4n) is 0.817. The molecule has 6 heteroatoms. The van der Waals surface area contributed by atoms with E-state index in [0.29, 0.717) is 20.6 Å². The molecule has 1 aromatic rings. The van der Waals surface area contributed by atoms with Crippen molar-refractivity contribution in [2.24, 2.45) is 0 Å². The predicted molar refractivity (Wildman–Crippen MR) is 67.2 cm³/mol. The fourth-order valence-corrected chi connectivity index (χ4v) is 2.80. The fraction of sp³-hybridized carbons (Fsp3) is 0.143. The van der Waals surface area contributed by atoms with Crippen LogP contribution in [0, 0.1) is 0 Å². The molecule has 0 aliphatic heterocycles. The Morgan fingerprint density at radius 3 is 1.92 bits per heavy atom. The van der Waals surface area contributed by atoms with Gasteiger partial charge in [-0.05, 0) is 6.07 Å². The largest absolute Gasteiger partial charge is 0.160 e. The van der Waals surface area contributed by atoms with Crippen LogP contribution in [-0.4, -0.2) is 0 Å². The van der Waals surface area contributed by atoms with E-state index >= 15 is 0 Å². The molecule has 0 N–H and O–H groups in total. The molecule has 0 amide bonds. The van der Waals surface area contributed by atoms with Crippen molar-refractivity contribution in [2.75, 3.05) is 0 Å². The monoisotopic (exact) mass is 292 g/mol. The molecule has 0 saturated heterocycles. The number of hydrogen-bond acceptors (Lipinski definition) is 2. The second-order valence-corrected chi connectivity index (χ2v) is 5.27. The first-order valence-corrected chi connectivity index (χ1v) is 5.68. The van der Waals surface area contributed by atoms with Crippen molar-refractivity contribution in [3.05, 3.63) is 31.7 Å². The highest BCUT2D eigenvalue weighted by atomic mass is 35.5. The molecule has 0 spiro atoms. The molecular weight excluding hydrogens is 290 g/mol. The molecule has 0 fully saturated rings. The van der Waals surface area contributed by atoms with E-state index in [1.807, 2.05) is 0 Å². The van der Waals surface area contributed by atoms with Crippen molar-refractivity contribution >= 4 is 71.7 Å². The van der Waals surface area contributed by atoms with Crippen LogP contribution < -0.4 is 0 Å². The minimum atomic E-state index is -0.380. The third kappa shape index (κ3) is 2.55. The highest BCUT2D eigenvalue weighted by Gasteiger charge is 2.16. The predicted octanol–water partition coefficient (Wildman–Crippen LogP) is 5.16. The summed E-state index contributed by atoms with van der Waals surface area (Å²) in [5, 5.41) is 1.31. The zero-order valence-corrected chi connectivity index (χ0v) is 10.9. The van der Waals surface area contributed by atoms with Crippen molar-refractivity contribution in [1.82, 2.24) is 0 Å². The number of hydrogen-bond donors (Lipinski definition) is 2. The Bertz CT molecular complexity index is 338. The Labute approximate surface area is 107 Å². The first kappa shape index (κ1) is 12.2. The molecule has 0 aromatic heterocycles. The lowest BCUT2D eigenvalue weighted by Gasteiger charge is -2.11. The zero-order chi connectivity index (χ0) is 10.2. The molecule has 0 unspecified atom stereocenters. The molecule has 0 radical (unpaired) electrons. The van der Waals surface area contributed by atoms with Gasteiger partial charge in [0.1, 0.15) is 0 Å². The van der Waals surface area contributed by atoms with Gasteiger partial charge in [0.05, 0.1) is 19.6 Å². The van der Waals surface area contributed by atoms with Gasteiger partial charge in [-0.15, -0.1) is 0 Å². The molecule has 0 nitrogen and oxygen atoms in total. The van der Waals surface area contributed by atoms with E-state index in [1.54, 1.807) is 0 Å². The van der Waals surface area contributed by atoms with Gasteiger partial charge < -0.3 is 0 Å². The van der Waals surface area contributed by atoms with Gasteiger partial charge in [-0.2, -0.15) is 25.3 Å². The second-order valence-electron chi connectivity index (χ2n) is 2.26. The zero-order valence-electron chi connectivity index (χ0n) is 6.06. The van der Waals surface area contributed by atoms with Crippen LogP contribution >= 0.6 is 71.7 Å². The smallest absolute Gasteiger partial charge is 0.0783 e. The average Bonchev–Trinajstić information content (AvgIpc) is 1.99. The normalized spacial score (nSPS) is 11.0. The number of halogens is 4. The lowest BCUT2D eigenvalue weighted by molar-refractivity contribution is 1.40. The lowest BCUT2D eigenvalue weighted by atomic mass is 10.2. The number of thiol groups is 2. The minimum absolute atomic E-state index is 0.274. The highest BCUT2D eigenvalue weighted by Crippen LogP contribution is 2.43. The average molecular weight is 294 g/mol. The van der Waals surface area contributed by atoms with Gasteiger partial charge >= 0.3 is 0 Å². The third-order valence-electron chi connectivity index (χ3n) is 1.41. The van der Waals surface area contributed by atoms with E-state index in [-0.39, 0.29) is 9.60 Å². The maximum atomic E-state index is 5.90. The summed E-state index contributed by atoms with van der Waals surface area (Å²) in [5.41, 5.74) is 0.574. The lowest BCUT2D eigenvalue weighted by Crippen LogP contribution is -1.88. The molecule has 0 bridgehead atoms. The Hall–Kier alpha value is 1.08. The summed E-state index contributed by atoms with van der Waals surface area (Å²) in [5.74, 6) is 0. The quantitative estimate of drug-likeness (QED) is 0.304. The van der Waals surface area contributed by atoms with E-state index < -0.39 is 0 Å². The van der Waals surface area contributed by atoms with Crippen LogP contribution in [0.4, 0.5) is 0 Å². The van der Waals surface area contributed by atoms with E-state index in [4.69, 9.17) is 46.4 Å². The van der Waals surface area contributed by atoms with Crippen molar-refractivity contribution in [3.8, 4) is 0 Å². The van der Waals surface area contributed by atoms with Crippen molar-refractivity contribution < 1.29 is 0 Å². The molecule has 1 rings (SSSR count). The third-order valence-corrected chi connectivity index (χ3v) is 3.51. The van der Waals surface area contributed by atoms with Gasteiger partial charge in [0.2, 0.25) is 0 Å². The highest BCUT2D eigenvalue weighted by molar-refractivity contribution is 7.98. The van der Waals surface area contributed by atoms with E-state index in [2.05, 4.69) is 25.3 Å². The van der Waals surface area contributed by atoms with Crippen LogP contribution in [0.15, 0.2) is 6.07 Å². The Balaban J connectivity index is 3.44. The number of rotatable bonds is 1. The van der Waals surface area contributed by atoms with Crippen LogP contribution in [0.3, 0.4) is 0 Å². The van der Waals surface area contributed by atoms with Gasteiger partial charge in [-0.25, -0.2) is 0 Å². The molecule has 0 heterocycles. The van der Waals surface area contributed by atoms with Gasteiger partial charge in [0, 0.05) is 10.6 Å². The molecule has 0 saturated carbocycles. The summed E-state index contributed by atoms with van der Waals surface area (Å²) < 4.78 is -0.380. The molecule has 1 aromatic carbocycles. The standard InChI is InChI=1S/C7H4Cl4S2/c8-2-1-3(9)5(10)6(11)4(2)7(12)13/h1,7,12-13H.